The Bertz CT molecular complexity index is 1100. The van der Waals surface area contributed by atoms with Gasteiger partial charge in [-0.05, 0) is 44.4 Å². The molecule has 6 heteroatoms. The van der Waals surface area contributed by atoms with Crippen LogP contribution in [-0.4, -0.2) is 31.7 Å². The van der Waals surface area contributed by atoms with Crippen LogP contribution in [0, 0.1) is 13.8 Å². The summed E-state index contributed by atoms with van der Waals surface area (Å²) >= 11 is 0. The molecular weight excluding hydrogens is 370 g/mol. The molecule has 0 fully saturated rings. The van der Waals surface area contributed by atoms with Crippen molar-refractivity contribution in [1.82, 2.24) is 9.19 Å². The molecule has 0 radical (unpaired) electrons. The highest BCUT2D eigenvalue weighted by Gasteiger charge is 2.25. The van der Waals surface area contributed by atoms with Crippen molar-refractivity contribution in [1.29, 1.82) is 0 Å². The van der Waals surface area contributed by atoms with Crippen LogP contribution in [0.25, 0.3) is 10.8 Å². The molecule has 0 amide bonds. The molecule has 0 atom stereocenters. The van der Waals surface area contributed by atoms with Crippen molar-refractivity contribution in [3.8, 4) is 0 Å². The third-order valence-electron chi connectivity index (χ3n) is 5.28. The Balaban J connectivity index is 2.15. The van der Waals surface area contributed by atoms with Crippen molar-refractivity contribution in [2.75, 3.05) is 19.0 Å². The van der Waals surface area contributed by atoms with Crippen molar-refractivity contribution < 1.29 is 8.42 Å². The van der Waals surface area contributed by atoms with Crippen molar-refractivity contribution in [3.63, 3.8) is 0 Å². The number of hydrogen-bond donors (Lipinski definition) is 0. The molecule has 150 valence electrons. The highest BCUT2D eigenvalue weighted by atomic mass is 32.2. The molecular formula is C22H29N3O2S. The Hall–Kier alpha value is -2.34. The minimum atomic E-state index is -3.78. The van der Waals surface area contributed by atoms with E-state index in [1.807, 2.05) is 57.1 Å². The van der Waals surface area contributed by atoms with Gasteiger partial charge in [-0.2, -0.15) is 17.6 Å². The number of nitrogens with zero attached hydrogens (tertiary/aromatic N) is 3. The summed E-state index contributed by atoms with van der Waals surface area (Å²) in [5.41, 5.74) is 3.55. The first kappa shape index (κ1) is 20.4. The predicted molar refractivity (Wildman–Crippen MR) is 116 cm³/mol. The summed E-state index contributed by atoms with van der Waals surface area (Å²) in [6.45, 7) is 5.92. The molecule has 28 heavy (non-hydrogen) atoms. The Morgan fingerprint density at radius 3 is 2.36 bits per heavy atom. The average molecular weight is 400 g/mol. The number of fused-ring (bicyclic) bond motifs is 1. The SMILES string of the molecule is CCCCCc1c(C)nn(S(=O)(=O)c2cccc3c(N(C)C)cccc23)c1C. The zero-order valence-corrected chi connectivity index (χ0v) is 18.2. The van der Waals surface area contributed by atoms with Gasteiger partial charge in [-0.25, -0.2) is 0 Å². The summed E-state index contributed by atoms with van der Waals surface area (Å²) in [5, 5.41) is 6.05. The van der Waals surface area contributed by atoms with Gasteiger partial charge in [0, 0.05) is 30.6 Å². The normalized spacial score (nSPS) is 11.9. The van der Waals surface area contributed by atoms with E-state index in [2.05, 4.69) is 12.0 Å². The number of aryl methyl sites for hydroxylation is 1. The zero-order valence-electron chi connectivity index (χ0n) is 17.4. The Labute approximate surface area is 168 Å². The first-order valence-electron chi connectivity index (χ1n) is 9.78. The Morgan fingerprint density at radius 1 is 1.00 bits per heavy atom. The van der Waals surface area contributed by atoms with Crippen molar-refractivity contribution in [3.05, 3.63) is 53.3 Å². The second kappa shape index (κ2) is 7.95. The first-order chi connectivity index (χ1) is 13.3. The number of benzene rings is 2. The van der Waals surface area contributed by atoms with E-state index in [0.29, 0.717) is 10.3 Å². The van der Waals surface area contributed by atoms with Crippen LogP contribution in [0.15, 0.2) is 41.3 Å². The molecule has 0 aliphatic rings. The highest BCUT2D eigenvalue weighted by Crippen LogP contribution is 2.32. The van der Waals surface area contributed by atoms with Crippen molar-refractivity contribution in [2.45, 2.75) is 51.3 Å². The van der Waals surface area contributed by atoms with E-state index in [1.54, 1.807) is 12.1 Å². The van der Waals surface area contributed by atoms with Crippen LogP contribution in [0.4, 0.5) is 5.69 Å². The van der Waals surface area contributed by atoms with Gasteiger partial charge in [-0.15, -0.1) is 0 Å². The van der Waals surface area contributed by atoms with Crippen LogP contribution in [0.3, 0.4) is 0 Å². The molecule has 3 aromatic rings. The average Bonchev–Trinajstić information content (AvgIpc) is 2.96. The zero-order chi connectivity index (χ0) is 20.5. The smallest absolute Gasteiger partial charge is 0.283 e. The van der Waals surface area contributed by atoms with Gasteiger partial charge < -0.3 is 4.90 Å². The summed E-state index contributed by atoms with van der Waals surface area (Å²) in [4.78, 5) is 2.29. The van der Waals surface area contributed by atoms with E-state index in [-0.39, 0.29) is 0 Å². The summed E-state index contributed by atoms with van der Waals surface area (Å²) in [6.07, 6.45) is 4.17. The van der Waals surface area contributed by atoms with Crippen LogP contribution in [-0.2, 0) is 16.4 Å². The quantitative estimate of drug-likeness (QED) is 0.541. The number of anilines is 1. The fourth-order valence-electron chi connectivity index (χ4n) is 3.77. The van der Waals surface area contributed by atoms with Gasteiger partial charge in [0.05, 0.1) is 16.3 Å². The fraction of sp³-hybridized carbons (Fsp3) is 0.409. The number of rotatable bonds is 7. The first-order valence-corrected chi connectivity index (χ1v) is 11.2. The molecule has 1 heterocycles. The number of aromatic nitrogens is 2. The monoisotopic (exact) mass is 399 g/mol. The van der Waals surface area contributed by atoms with Crippen LogP contribution < -0.4 is 4.90 Å². The summed E-state index contributed by atoms with van der Waals surface area (Å²) in [7, 11) is 0.132. The minimum absolute atomic E-state index is 0.291. The number of unbranched alkanes of at least 4 members (excludes halogenated alkanes) is 2. The maximum atomic E-state index is 13.5. The highest BCUT2D eigenvalue weighted by molar-refractivity contribution is 7.90. The molecule has 5 nitrogen and oxygen atoms in total. The van der Waals surface area contributed by atoms with Crippen LogP contribution >= 0.6 is 0 Å². The predicted octanol–water partition coefficient (Wildman–Crippen LogP) is 4.69. The van der Waals surface area contributed by atoms with E-state index < -0.39 is 10.0 Å². The van der Waals surface area contributed by atoms with E-state index in [1.165, 1.54) is 4.09 Å². The largest absolute Gasteiger partial charge is 0.377 e. The minimum Gasteiger partial charge on any atom is -0.377 e. The lowest BCUT2D eigenvalue weighted by Gasteiger charge is -2.17. The van der Waals surface area contributed by atoms with Crippen LogP contribution in [0.1, 0.15) is 43.1 Å². The number of hydrogen-bond acceptors (Lipinski definition) is 4. The second-order valence-electron chi connectivity index (χ2n) is 7.48. The molecule has 0 bridgehead atoms. The fourth-order valence-corrected chi connectivity index (χ4v) is 5.36. The second-order valence-corrected chi connectivity index (χ2v) is 9.21. The third-order valence-corrected chi connectivity index (χ3v) is 7.00. The standard InChI is InChI=1S/C22H29N3O2S/c1-6-7-8-11-18-16(2)23-25(17(18)3)28(26,27)22-15-10-12-19-20(22)13-9-14-21(19)24(4)5/h9-10,12-15H,6-8,11H2,1-5H3. The molecule has 1 aromatic heterocycles. The van der Waals surface area contributed by atoms with Crippen molar-refractivity contribution in [2.24, 2.45) is 0 Å². The van der Waals surface area contributed by atoms with Gasteiger partial charge in [0.2, 0.25) is 0 Å². The Morgan fingerprint density at radius 2 is 1.68 bits per heavy atom. The lowest BCUT2D eigenvalue weighted by atomic mass is 10.1. The third kappa shape index (κ3) is 3.53. The lowest BCUT2D eigenvalue weighted by molar-refractivity contribution is 0.578. The molecule has 0 saturated carbocycles. The molecule has 0 N–H and O–H groups in total. The van der Waals surface area contributed by atoms with E-state index in [9.17, 15) is 8.42 Å². The van der Waals surface area contributed by atoms with Gasteiger partial charge in [0.1, 0.15) is 0 Å². The van der Waals surface area contributed by atoms with E-state index in [0.717, 1.165) is 53.7 Å². The van der Waals surface area contributed by atoms with Gasteiger partial charge >= 0.3 is 0 Å². The van der Waals surface area contributed by atoms with Crippen LogP contribution in [0.5, 0.6) is 0 Å². The molecule has 0 spiro atoms. The molecule has 0 saturated heterocycles. The van der Waals surface area contributed by atoms with E-state index in [4.69, 9.17) is 0 Å². The molecule has 3 rings (SSSR count). The Kier molecular flexibility index (Phi) is 5.79. The van der Waals surface area contributed by atoms with Gasteiger partial charge in [0.15, 0.2) is 0 Å². The van der Waals surface area contributed by atoms with E-state index >= 15 is 0 Å². The molecule has 0 aliphatic heterocycles. The molecule has 0 aliphatic carbocycles. The molecule has 0 unspecified atom stereocenters. The summed E-state index contributed by atoms with van der Waals surface area (Å²) < 4.78 is 28.3. The van der Waals surface area contributed by atoms with Gasteiger partial charge in [0.25, 0.3) is 10.0 Å². The van der Waals surface area contributed by atoms with Gasteiger partial charge in [-0.1, -0.05) is 44.0 Å². The maximum Gasteiger partial charge on any atom is 0.283 e. The van der Waals surface area contributed by atoms with Gasteiger partial charge in [-0.3, -0.25) is 0 Å². The molecule has 2 aromatic carbocycles. The topological polar surface area (TPSA) is 55.2 Å². The van der Waals surface area contributed by atoms with Crippen molar-refractivity contribution >= 4 is 26.5 Å². The summed E-state index contributed by atoms with van der Waals surface area (Å²) in [5.74, 6) is 0. The summed E-state index contributed by atoms with van der Waals surface area (Å²) in [6, 6.07) is 11.2. The van der Waals surface area contributed by atoms with Crippen LogP contribution in [0.2, 0.25) is 0 Å². The maximum absolute atomic E-state index is 13.5. The lowest BCUT2D eigenvalue weighted by Crippen LogP contribution is -2.17.